The quantitative estimate of drug-likeness (QED) is 0.554. The predicted octanol–water partition coefficient (Wildman–Crippen LogP) is 5.31. The third kappa shape index (κ3) is 21.6. The highest BCUT2D eigenvalue weighted by atomic mass is 15.3. The van der Waals surface area contributed by atoms with Crippen LogP contribution in [-0.4, -0.2) is 24.5 Å². The lowest BCUT2D eigenvalue weighted by Gasteiger charge is -1.82. The summed E-state index contributed by atoms with van der Waals surface area (Å²) in [4.78, 5) is 3.67. The molecule has 0 bridgehead atoms. The van der Waals surface area contributed by atoms with E-state index < -0.39 is 0 Å². The number of benzene rings is 1. The zero-order chi connectivity index (χ0) is 19.9. The summed E-state index contributed by atoms with van der Waals surface area (Å²) >= 11 is 0. The first kappa shape index (κ1) is 27.4. The van der Waals surface area contributed by atoms with Crippen LogP contribution in [0.2, 0.25) is 0 Å². The average molecular weight is 348 g/mol. The molecule has 0 aliphatic carbocycles. The second-order valence-electron chi connectivity index (χ2n) is 3.90. The van der Waals surface area contributed by atoms with Crippen molar-refractivity contribution < 1.29 is 0 Å². The Kier molecular flexibility index (Phi) is 26.1. The summed E-state index contributed by atoms with van der Waals surface area (Å²) in [5.41, 5.74) is 1.32. The fourth-order valence-corrected chi connectivity index (χ4v) is 1.15. The van der Waals surface area contributed by atoms with Gasteiger partial charge in [0.05, 0.1) is 0 Å². The van der Waals surface area contributed by atoms with E-state index in [4.69, 9.17) is 0 Å². The van der Waals surface area contributed by atoms with Crippen molar-refractivity contribution in [2.75, 3.05) is 0 Å². The van der Waals surface area contributed by atoms with Crippen molar-refractivity contribution in [2.45, 2.75) is 48.5 Å². The molecule has 5 heteroatoms. The topological polar surface area (TPSA) is 48.5 Å². The van der Waals surface area contributed by atoms with Gasteiger partial charge in [0.25, 0.3) is 0 Å². The maximum Gasteiger partial charge on any atom is 0.137 e. The molecule has 2 heterocycles. The minimum absolute atomic E-state index is 1.32. The Bertz CT molecular complexity index is 484. The van der Waals surface area contributed by atoms with Crippen LogP contribution in [0.25, 0.3) is 0 Å². The largest absolute Gasteiger partial charge is 0.276 e. The molecule has 0 saturated heterocycles. The van der Waals surface area contributed by atoms with Crippen molar-refractivity contribution in [3.8, 4) is 0 Å². The molecule has 0 radical (unpaired) electrons. The zero-order valence-corrected chi connectivity index (χ0v) is 17.5. The lowest BCUT2D eigenvalue weighted by atomic mass is 10.2. The third-order valence-corrected chi connectivity index (χ3v) is 2.11. The van der Waals surface area contributed by atoms with Crippen molar-refractivity contribution in [3.05, 3.63) is 67.0 Å². The Hall–Kier alpha value is -2.43. The predicted molar refractivity (Wildman–Crippen MR) is 109 cm³/mol. The zero-order valence-electron chi connectivity index (χ0n) is 17.5. The highest BCUT2D eigenvalue weighted by molar-refractivity contribution is 5.11. The fraction of sp³-hybridized carbons (Fsp3) is 0.450. The molecule has 3 aromatic rings. The van der Waals surface area contributed by atoms with Crippen LogP contribution in [0.5, 0.6) is 0 Å². The van der Waals surface area contributed by atoms with E-state index in [-0.39, 0.29) is 0 Å². The highest BCUT2D eigenvalue weighted by Gasteiger charge is 1.72. The molecule has 0 aliphatic rings. The van der Waals surface area contributed by atoms with E-state index in [0.717, 1.165) is 0 Å². The molecular weight excluding hydrogens is 310 g/mol. The lowest BCUT2D eigenvalue weighted by Crippen LogP contribution is -1.83. The Morgan fingerprint density at radius 1 is 0.720 bits per heavy atom. The van der Waals surface area contributed by atoms with Crippen LogP contribution in [0.15, 0.2) is 61.4 Å². The van der Waals surface area contributed by atoms with Gasteiger partial charge < -0.3 is 0 Å². The average Bonchev–Trinajstić information content (AvgIpc) is 3.35. The second-order valence-corrected chi connectivity index (χ2v) is 3.90. The van der Waals surface area contributed by atoms with Crippen LogP contribution in [-0.2, 0) is 14.1 Å². The van der Waals surface area contributed by atoms with E-state index in [9.17, 15) is 0 Å². The number of hydrogen-bond donors (Lipinski definition) is 0. The first-order valence-corrected chi connectivity index (χ1v) is 8.92. The Morgan fingerprint density at radius 2 is 1.28 bits per heavy atom. The van der Waals surface area contributed by atoms with Gasteiger partial charge in [0.2, 0.25) is 0 Å². The van der Waals surface area contributed by atoms with Crippen LogP contribution < -0.4 is 0 Å². The van der Waals surface area contributed by atoms with Gasteiger partial charge in [-0.05, 0) is 13.0 Å². The summed E-state index contributed by atoms with van der Waals surface area (Å²) in [5.74, 6) is 0. The molecule has 0 aliphatic heterocycles. The van der Waals surface area contributed by atoms with Crippen molar-refractivity contribution in [1.82, 2.24) is 24.5 Å². The summed E-state index contributed by atoms with van der Waals surface area (Å²) in [7, 11) is 3.72. The van der Waals surface area contributed by atoms with E-state index in [0.29, 0.717) is 0 Å². The molecule has 3 rings (SSSR count). The minimum atomic E-state index is 1.32. The Balaban J connectivity index is -0.000000253. The number of rotatable bonds is 0. The SMILES string of the molecule is CC.CC.CC.Cc1ccccc1.Cn1cccn1.Cn1cncn1. The highest BCUT2D eigenvalue weighted by Crippen LogP contribution is 1.92. The summed E-state index contributed by atoms with van der Waals surface area (Å²) < 4.78 is 3.39. The van der Waals surface area contributed by atoms with Gasteiger partial charge in [-0.3, -0.25) is 9.36 Å². The molecule has 0 fully saturated rings. The Labute approximate surface area is 154 Å². The van der Waals surface area contributed by atoms with Crippen LogP contribution in [0.1, 0.15) is 47.1 Å². The van der Waals surface area contributed by atoms with Crippen molar-refractivity contribution in [2.24, 2.45) is 14.1 Å². The number of hydrogen-bond acceptors (Lipinski definition) is 3. The standard InChI is InChI=1S/C7H8.C4H6N2.C3H5N3.3C2H6/c1-7-5-3-2-4-6-7;1-6-4-2-3-5-6;1-6-3-4-2-5-6;3*1-2/h2-6H,1H3;2-4H,1H3;2-3H,1H3;3*1-2H3. The Morgan fingerprint density at radius 3 is 1.44 bits per heavy atom. The lowest BCUT2D eigenvalue weighted by molar-refractivity contribution is 0.765. The smallest absolute Gasteiger partial charge is 0.137 e. The van der Waals surface area contributed by atoms with E-state index in [1.807, 2.05) is 86.1 Å². The normalized spacial score (nSPS) is 7.40. The number of aryl methyl sites for hydroxylation is 3. The first-order valence-electron chi connectivity index (χ1n) is 8.92. The van der Waals surface area contributed by atoms with Crippen LogP contribution in [0, 0.1) is 6.92 Å². The molecule has 25 heavy (non-hydrogen) atoms. The van der Waals surface area contributed by atoms with Crippen LogP contribution in [0.3, 0.4) is 0 Å². The maximum atomic E-state index is 3.83. The van der Waals surface area contributed by atoms with Gasteiger partial charge in [-0.2, -0.15) is 10.2 Å². The molecule has 0 amide bonds. The van der Waals surface area contributed by atoms with Gasteiger partial charge >= 0.3 is 0 Å². The molecule has 0 saturated carbocycles. The van der Waals surface area contributed by atoms with Crippen molar-refractivity contribution >= 4 is 0 Å². The summed E-state index contributed by atoms with van der Waals surface area (Å²) in [6, 6.07) is 12.2. The van der Waals surface area contributed by atoms with E-state index in [1.54, 1.807) is 21.9 Å². The minimum Gasteiger partial charge on any atom is -0.276 e. The molecule has 1 aromatic carbocycles. The molecule has 2 aromatic heterocycles. The van der Waals surface area contributed by atoms with Gasteiger partial charge in [0.1, 0.15) is 12.7 Å². The van der Waals surface area contributed by atoms with Gasteiger partial charge in [-0.25, -0.2) is 4.98 Å². The molecule has 0 N–H and O–H groups in total. The van der Waals surface area contributed by atoms with Gasteiger partial charge in [-0.1, -0.05) is 77.4 Å². The third-order valence-electron chi connectivity index (χ3n) is 2.11. The van der Waals surface area contributed by atoms with Crippen molar-refractivity contribution in [3.63, 3.8) is 0 Å². The van der Waals surface area contributed by atoms with Gasteiger partial charge in [-0.15, -0.1) is 0 Å². The number of nitrogens with zero attached hydrogens (tertiary/aromatic N) is 5. The fourth-order valence-electron chi connectivity index (χ4n) is 1.15. The molecule has 142 valence electrons. The molecular formula is C20H37N5. The molecule has 0 unspecified atom stereocenters. The van der Waals surface area contributed by atoms with Gasteiger partial charge in [0, 0.05) is 26.5 Å². The second kappa shape index (κ2) is 23.8. The van der Waals surface area contributed by atoms with Gasteiger partial charge in [0.15, 0.2) is 0 Å². The first-order chi connectivity index (χ1) is 12.2. The van der Waals surface area contributed by atoms with Crippen LogP contribution >= 0.6 is 0 Å². The molecule has 0 spiro atoms. The summed E-state index contributed by atoms with van der Waals surface area (Å²) in [6.07, 6.45) is 6.78. The molecule has 5 nitrogen and oxygen atoms in total. The van der Waals surface area contributed by atoms with E-state index in [1.165, 1.54) is 11.9 Å². The maximum absolute atomic E-state index is 3.83. The summed E-state index contributed by atoms with van der Waals surface area (Å²) in [6.45, 7) is 14.1. The monoisotopic (exact) mass is 347 g/mol. The van der Waals surface area contributed by atoms with E-state index >= 15 is 0 Å². The van der Waals surface area contributed by atoms with Crippen molar-refractivity contribution in [1.29, 1.82) is 0 Å². The van der Waals surface area contributed by atoms with E-state index in [2.05, 4.69) is 34.2 Å². The van der Waals surface area contributed by atoms with Crippen LogP contribution in [0.4, 0.5) is 0 Å². The molecule has 0 atom stereocenters. The summed E-state index contributed by atoms with van der Waals surface area (Å²) in [5, 5.41) is 7.56. The number of aromatic nitrogens is 5.